The van der Waals surface area contributed by atoms with Gasteiger partial charge in [-0.05, 0) is 67.8 Å². The average Bonchev–Trinajstić information content (AvgIpc) is 2.41. The number of hydrogen-bond acceptors (Lipinski definition) is 2. The van der Waals surface area contributed by atoms with Gasteiger partial charge in [0.25, 0.3) is 0 Å². The lowest BCUT2D eigenvalue weighted by molar-refractivity contribution is 0.135. The summed E-state index contributed by atoms with van der Waals surface area (Å²) >= 11 is 0. The number of rotatable bonds is 2. The first-order chi connectivity index (χ1) is 8.81. The highest BCUT2D eigenvalue weighted by atomic mass is 16.5. The molecule has 98 valence electrons. The summed E-state index contributed by atoms with van der Waals surface area (Å²) in [6.07, 6.45) is 6.66. The fourth-order valence-corrected chi connectivity index (χ4v) is 3.07. The lowest BCUT2D eigenvalue weighted by Gasteiger charge is -2.27. The normalized spacial score (nSPS) is 27.6. The summed E-state index contributed by atoms with van der Waals surface area (Å²) in [5.41, 5.74) is 2.90. The number of nitrogens with one attached hydrogen (secondary N) is 1. The van der Waals surface area contributed by atoms with Crippen molar-refractivity contribution < 1.29 is 4.74 Å². The van der Waals surface area contributed by atoms with Crippen LogP contribution in [0.25, 0.3) is 0 Å². The third-order valence-electron chi connectivity index (χ3n) is 4.33. The van der Waals surface area contributed by atoms with Crippen molar-refractivity contribution in [2.75, 3.05) is 6.54 Å². The number of fused-ring (bicyclic) bond motifs is 1. The van der Waals surface area contributed by atoms with Gasteiger partial charge in [-0.15, -0.1) is 0 Å². The molecule has 1 aliphatic carbocycles. The van der Waals surface area contributed by atoms with Crippen LogP contribution in [0.2, 0.25) is 0 Å². The van der Waals surface area contributed by atoms with Crippen LogP contribution in [0.5, 0.6) is 5.75 Å². The molecule has 1 heterocycles. The highest BCUT2D eigenvalue weighted by Crippen LogP contribution is 2.28. The first kappa shape index (κ1) is 12.0. The van der Waals surface area contributed by atoms with E-state index in [0.29, 0.717) is 6.10 Å². The summed E-state index contributed by atoms with van der Waals surface area (Å²) in [4.78, 5) is 0. The third kappa shape index (κ3) is 2.69. The Bertz CT molecular complexity index is 408. The van der Waals surface area contributed by atoms with Crippen molar-refractivity contribution in [3.63, 3.8) is 0 Å². The average molecular weight is 245 g/mol. The summed E-state index contributed by atoms with van der Waals surface area (Å²) in [6.45, 7) is 4.45. The third-order valence-corrected chi connectivity index (χ3v) is 4.33. The molecule has 1 saturated carbocycles. The summed E-state index contributed by atoms with van der Waals surface area (Å²) in [5.74, 6) is 1.95. The molecule has 0 unspecified atom stereocenters. The maximum atomic E-state index is 6.14. The number of ether oxygens (including phenoxy) is 1. The largest absolute Gasteiger partial charge is 0.490 e. The molecule has 1 N–H and O–H groups in total. The fraction of sp³-hybridized carbons (Fsp3) is 0.625. The van der Waals surface area contributed by atoms with Crippen molar-refractivity contribution in [2.24, 2.45) is 5.92 Å². The Morgan fingerprint density at radius 2 is 1.94 bits per heavy atom. The van der Waals surface area contributed by atoms with Gasteiger partial charge in [0.1, 0.15) is 5.75 Å². The zero-order valence-electron chi connectivity index (χ0n) is 11.2. The van der Waals surface area contributed by atoms with E-state index in [4.69, 9.17) is 4.74 Å². The predicted octanol–water partition coefficient (Wildman–Crippen LogP) is 3.29. The minimum atomic E-state index is 0.441. The molecule has 3 rings (SSSR count). The Morgan fingerprint density at radius 3 is 2.78 bits per heavy atom. The topological polar surface area (TPSA) is 21.3 Å². The Labute approximate surface area is 110 Å². The summed E-state index contributed by atoms with van der Waals surface area (Å²) in [7, 11) is 0. The highest BCUT2D eigenvalue weighted by molar-refractivity contribution is 5.37. The van der Waals surface area contributed by atoms with E-state index < -0.39 is 0 Å². The Morgan fingerprint density at radius 1 is 1.11 bits per heavy atom. The van der Waals surface area contributed by atoms with E-state index in [9.17, 15) is 0 Å². The lowest BCUT2D eigenvalue weighted by atomic mass is 9.89. The summed E-state index contributed by atoms with van der Waals surface area (Å²) in [5, 5.41) is 3.42. The standard InChI is InChI=1S/C16H23NO/c1-12-2-5-15(6-3-12)18-16-7-4-13-8-9-17-11-14(13)10-16/h4,7,10,12,15,17H,2-3,5-6,8-9,11H2,1H3. The van der Waals surface area contributed by atoms with E-state index >= 15 is 0 Å². The van der Waals surface area contributed by atoms with E-state index in [0.717, 1.165) is 31.2 Å². The minimum absolute atomic E-state index is 0.441. The smallest absolute Gasteiger partial charge is 0.120 e. The van der Waals surface area contributed by atoms with E-state index in [1.54, 1.807) is 0 Å². The van der Waals surface area contributed by atoms with Crippen molar-refractivity contribution in [1.82, 2.24) is 5.32 Å². The van der Waals surface area contributed by atoms with Crippen molar-refractivity contribution in [3.8, 4) is 5.75 Å². The Kier molecular flexibility index (Phi) is 3.55. The van der Waals surface area contributed by atoms with Crippen molar-refractivity contribution in [3.05, 3.63) is 29.3 Å². The van der Waals surface area contributed by atoms with E-state index in [-0.39, 0.29) is 0 Å². The van der Waals surface area contributed by atoms with Gasteiger partial charge >= 0.3 is 0 Å². The first-order valence-electron chi connectivity index (χ1n) is 7.30. The molecule has 2 heteroatoms. The summed E-state index contributed by atoms with van der Waals surface area (Å²) < 4.78 is 6.14. The van der Waals surface area contributed by atoms with Crippen LogP contribution in [0.3, 0.4) is 0 Å². The second-order valence-corrected chi connectivity index (χ2v) is 5.86. The zero-order chi connectivity index (χ0) is 12.4. The molecule has 0 bridgehead atoms. The van der Waals surface area contributed by atoms with Gasteiger partial charge in [-0.2, -0.15) is 0 Å². The second kappa shape index (κ2) is 5.31. The van der Waals surface area contributed by atoms with Crippen LogP contribution in [0, 0.1) is 5.92 Å². The molecule has 0 radical (unpaired) electrons. The molecule has 0 aromatic heterocycles. The van der Waals surface area contributed by atoms with Crippen LogP contribution < -0.4 is 10.1 Å². The second-order valence-electron chi connectivity index (χ2n) is 5.86. The van der Waals surface area contributed by atoms with Gasteiger partial charge in [-0.25, -0.2) is 0 Å². The van der Waals surface area contributed by atoms with Crippen molar-refractivity contribution >= 4 is 0 Å². The maximum Gasteiger partial charge on any atom is 0.120 e. The molecule has 1 aliphatic heterocycles. The maximum absolute atomic E-state index is 6.14. The highest BCUT2D eigenvalue weighted by Gasteiger charge is 2.20. The van der Waals surface area contributed by atoms with E-state index in [1.807, 2.05) is 0 Å². The molecule has 2 nitrogen and oxygen atoms in total. The number of benzene rings is 1. The van der Waals surface area contributed by atoms with Gasteiger partial charge in [0.2, 0.25) is 0 Å². The van der Waals surface area contributed by atoms with Gasteiger partial charge in [0, 0.05) is 6.54 Å². The zero-order valence-corrected chi connectivity index (χ0v) is 11.2. The molecule has 1 fully saturated rings. The molecule has 0 saturated heterocycles. The van der Waals surface area contributed by atoms with Crippen LogP contribution in [-0.4, -0.2) is 12.6 Å². The minimum Gasteiger partial charge on any atom is -0.490 e. The van der Waals surface area contributed by atoms with Gasteiger partial charge in [0.05, 0.1) is 6.10 Å². The molecule has 2 aliphatic rings. The van der Waals surface area contributed by atoms with Crippen LogP contribution in [0.4, 0.5) is 0 Å². The Balaban J connectivity index is 1.66. The van der Waals surface area contributed by atoms with Gasteiger partial charge < -0.3 is 10.1 Å². The molecule has 0 amide bonds. The van der Waals surface area contributed by atoms with Crippen LogP contribution in [0.1, 0.15) is 43.7 Å². The molecular formula is C16H23NO. The SMILES string of the molecule is CC1CCC(Oc2ccc3c(c2)CNCC3)CC1. The van der Waals surface area contributed by atoms with Crippen molar-refractivity contribution in [2.45, 2.75) is 51.7 Å². The van der Waals surface area contributed by atoms with E-state index in [2.05, 4.69) is 30.4 Å². The van der Waals surface area contributed by atoms with Crippen LogP contribution in [-0.2, 0) is 13.0 Å². The first-order valence-corrected chi connectivity index (χ1v) is 7.30. The molecule has 1 aromatic carbocycles. The van der Waals surface area contributed by atoms with Crippen LogP contribution >= 0.6 is 0 Å². The van der Waals surface area contributed by atoms with Crippen LogP contribution in [0.15, 0.2) is 18.2 Å². The van der Waals surface area contributed by atoms with E-state index in [1.165, 1.54) is 36.8 Å². The molecule has 1 aromatic rings. The Hall–Kier alpha value is -1.02. The molecule has 0 atom stereocenters. The molecule has 18 heavy (non-hydrogen) atoms. The van der Waals surface area contributed by atoms with Gasteiger partial charge in [-0.1, -0.05) is 13.0 Å². The molecular weight excluding hydrogens is 222 g/mol. The predicted molar refractivity (Wildman–Crippen MR) is 73.9 cm³/mol. The van der Waals surface area contributed by atoms with Gasteiger partial charge in [-0.3, -0.25) is 0 Å². The summed E-state index contributed by atoms with van der Waals surface area (Å²) in [6, 6.07) is 6.64. The monoisotopic (exact) mass is 245 g/mol. The van der Waals surface area contributed by atoms with Gasteiger partial charge in [0.15, 0.2) is 0 Å². The lowest BCUT2D eigenvalue weighted by Crippen LogP contribution is -2.25. The number of hydrogen-bond donors (Lipinski definition) is 1. The quantitative estimate of drug-likeness (QED) is 0.863. The molecule has 0 spiro atoms. The fourth-order valence-electron chi connectivity index (χ4n) is 3.07. The van der Waals surface area contributed by atoms with Crippen molar-refractivity contribution in [1.29, 1.82) is 0 Å².